The van der Waals surface area contributed by atoms with Crippen LogP contribution in [-0.4, -0.2) is 16.8 Å². The molecule has 2 heterocycles. The molecule has 0 bridgehead atoms. The van der Waals surface area contributed by atoms with E-state index in [0.717, 1.165) is 23.1 Å². The number of carbonyl (C=O) groups is 2. The Morgan fingerprint density at radius 1 is 1.31 bits per heavy atom. The van der Waals surface area contributed by atoms with Crippen molar-refractivity contribution in [2.24, 2.45) is 5.92 Å². The Morgan fingerprint density at radius 3 is 2.65 bits per heavy atom. The molecule has 0 saturated carbocycles. The lowest BCUT2D eigenvalue weighted by atomic mass is 9.95. The Labute approximate surface area is 153 Å². The number of aliphatic hydroxyl groups excluding tert-OH is 1. The topological polar surface area (TPSA) is 57.6 Å². The minimum Gasteiger partial charge on any atom is -0.503 e. The maximum atomic E-state index is 14.3. The Morgan fingerprint density at radius 2 is 2.04 bits per heavy atom. The quantitative estimate of drug-likeness (QED) is 0.832. The number of benzene rings is 1. The lowest BCUT2D eigenvalue weighted by molar-refractivity contribution is -0.118. The van der Waals surface area contributed by atoms with Gasteiger partial charge in [0.2, 0.25) is 0 Å². The zero-order valence-corrected chi connectivity index (χ0v) is 15.0. The molecule has 2 aromatic rings. The molecule has 3 rings (SSSR count). The van der Waals surface area contributed by atoms with E-state index in [9.17, 15) is 23.5 Å². The summed E-state index contributed by atoms with van der Waals surface area (Å²) in [4.78, 5) is 26.9. The summed E-state index contributed by atoms with van der Waals surface area (Å²) in [6.07, 6.45) is 0.133. The second-order valence-corrected chi connectivity index (χ2v) is 7.45. The fraction of sp³-hybridized carbons (Fsp3) is 0.263. The van der Waals surface area contributed by atoms with Gasteiger partial charge < -0.3 is 5.11 Å². The van der Waals surface area contributed by atoms with Crippen LogP contribution < -0.4 is 4.90 Å². The molecule has 0 spiro atoms. The van der Waals surface area contributed by atoms with Crippen molar-refractivity contribution in [1.82, 2.24) is 0 Å². The van der Waals surface area contributed by atoms with Gasteiger partial charge in [-0.3, -0.25) is 14.5 Å². The molecule has 0 radical (unpaired) electrons. The number of rotatable bonds is 5. The minimum absolute atomic E-state index is 0.0156. The van der Waals surface area contributed by atoms with Gasteiger partial charge in [-0.05, 0) is 29.5 Å². The first-order valence-electron chi connectivity index (χ1n) is 8.09. The van der Waals surface area contributed by atoms with Crippen molar-refractivity contribution >= 4 is 28.7 Å². The fourth-order valence-corrected chi connectivity index (χ4v) is 3.83. The average Bonchev–Trinajstić information content (AvgIpc) is 3.17. The molecular weight excluding hydrogens is 360 g/mol. The number of ketones is 1. The number of carbonyl (C=O) groups excluding carboxylic acids is 2. The second kappa shape index (κ2) is 6.99. The van der Waals surface area contributed by atoms with Crippen LogP contribution in [0, 0.1) is 17.6 Å². The molecule has 0 aliphatic carbocycles. The number of amides is 1. The minimum atomic E-state index is -0.981. The van der Waals surface area contributed by atoms with Crippen LogP contribution in [0.3, 0.4) is 0 Å². The molecule has 7 heteroatoms. The van der Waals surface area contributed by atoms with E-state index in [2.05, 4.69) is 0 Å². The van der Waals surface area contributed by atoms with Gasteiger partial charge in [-0.25, -0.2) is 8.78 Å². The van der Waals surface area contributed by atoms with E-state index in [1.165, 1.54) is 11.3 Å². The molecule has 1 amide bonds. The summed E-state index contributed by atoms with van der Waals surface area (Å²) >= 11 is 1.27. The molecule has 0 fully saturated rings. The van der Waals surface area contributed by atoms with Crippen LogP contribution in [-0.2, 0) is 9.59 Å². The molecule has 4 nitrogen and oxygen atoms in total. The Hall–Kier alpha value is -2.54. The van der Waals surface area contributed by atoms with Crippen LogP contribution in [0.1, 0.15) is 31.2 Å². The summed E-state index contributed by atoms with van der Waals surface area (Å²) in [7, 11) is 0. The summed E-state index contributed by atoms with van der Waals surface area (Å²) in [6, 6.07) is 5.17. The van der Waals surface area contributed by atoms with Crippen LogP contribution in [0.2, 0.25) is 0 Å². The SMILES string of the molecule is CC(C)CC(=O)C1=C(O)C(=O)N(c2cc(F)ccc2F)C1c1cccs1. The van der Waals surface area contributed by atoms with Gasteiger partial charge in [0.15, 0.2) is 11.5 Å². The van der Waals surface area contributed by atoms with Crippen molar-refractivity contribution in [3.05, 3.63) is 63.6 Å². The average molecular weight is 377 g/mol. The van der Waals surface area contributed by atoms with E-state index in [-0.39, 0.29) is 29.4 Å². The first-order valence-corrected chi connectivity index (χ1v) is 8.97. The molecule has 0 saturated heterocycles. The summed E-state index contributed by atoms with van der Waals surface area (Å²) in [5, 5.41) is 12.1. The van der Waals surface area contributed by atoms with Gasteiger partial charge in [-0.2, -0.15) is 0 Å². The number of thiophene rings is 1. The highest BCUT2D eigenvalue weighted by molar-refractivity contribution is 7.10. The van der Waals surface area contributed by atoms with Gasteiger partial charge in [-0.15, -0.1) is 11.3 Å². The number of halogens is 2. The normalized spacial score (nSPS) is 17.5. The highest BCUT2D eigenvalue weighted by Crippen LogP contribution is 2.43. The van der Waals surface area contributed by atoms with Crippen LogP contribution in [0.25, 0.3) is 0 Å². The molecule has 26 heavy (non-hydrogen) atoms. The van der Waals surface area contributed by atoms with Crippen molar-refractivity contribution in [2.45, 2.75) is 26.3 Å². The number of Topliss-reactive ketones (excluding diaryl/α,β-unsaturated/α-hetero) is 1. The van der Waals surface area contributed by atoms with E-state index < -0.39 is 29.3 Å². The molecule has 1 N–H and O–H groups in total. The molecule has 136 valence electrons. The van der Waals surface area contributed by atoms with Crippen LogP contribution in [0.4, 0.5) is 14.5 Å². The van der Waals surface area contributed by atoms with E-state index in [0.29, 0.717) is 4.88 Å². The first kappa shape index (κ1) is 18.3. The van der Waals surface area contributed by atoms with E-state index in [1.807, 2.05) is 13.8 Å². The molecule has 1 aromatic carbocycles. The fourth-order valence-electron chi connectivity index (χ4n) is 3.01. The van der Waals surface area contributed by atoms with Gasteiger partial charge in [0, 0.05) is 17.4 Å². The van der Waals surface area contributed by atoms with Crippen LogP contribution >= 0.6 is 11.3 Å². The number of anilines is 1. The van der Waals surface area contributed by atoms with Crippen molar-refractivity contribution in [3.8, 4) is 0 Å². The Balaban J connectivity index is 2.15. The van der Waals surface area contributed by atoms with Crippen molar-refractivity contribution in [3.63, 3.8) is 0 Å². The summed E-state index contributed by atoms with van der Waals surface area (Å²) in [5.41, 5.74) is -0.387. The first-order chi connectivity index (χ1) is 12.3. The standard InChI is InChI=1S/C19H17F2NO3S/c1-10(2)8-14(23)16-17(15-4-3-7-26-15)22(19(25)18(16)24)13-9-11(20)5-6-12(13)21/h3-7,9-10,17,24H,8H2,1-2H3. The number of aliphatic hydroxyl groups is 1. The van der Waals surface area contributed by atoms with Gasteiger partial charge in [-0.1, -0.05) is 19.9 Å². The molecular formula is C19H17F2NO3S. The predicted molar refractivity (Wildman–Crippen MR) is 95.0 cm³/mol. The zero-order valence-electron chi connectivity index (χ0n) is 14.2. The van der Waals surface area contributed by atoms with Crippen molar-refractivity contribution < 1.29 is 23.5 Å². The zero-order chi connectivity index (χ0) is 19.0. The molecule has 1 unspecified atom stereocenters. The third-order valence-electron chi connectivity index (χ3n) is 4.08. The summed E-state index contributed by atoms with van der Waals surface area (Å²) < 4.78 is 28.0. The van der Waals surface area contributed by atoms with Gasteiger partial charge >= 0.3 is 0 Å². The van der Waals surface area contributed by atoms with Gasteiger partial charge in [0.05, 0.1) is 11.3 Å². The van der Waals surface area contributed by atoms with Crippen LogP contribution in [0.5, 0.6) is 0 Å². The van der Waals surface area contributed by atoms with E-state index in [4.69, 9.17) is 0 Å². The Bertz CT molecular complexity index is 890. The van der Waals surface area contributed by atoms with E-state index >= 15 is 0 Å². The lowest BCUT2D eigenvalue weighted by Crippen LogP contribution is -2.31. The third kappa shape index (κ3) is 3.14. The monoisotopic (exact) mass is 377 g/mol. The summed E-state index contributed by atoms with van der Waals surface area (Å²) in [5.74, 6) is -3.53. The maximum Gasteiger partial charge on any atom is 0.294 e. The predicted octanol–water partition coefficient (Wildman–Crippen LogP) is 4.54. The smallest absolute Gasteiger partial charge is 0.294 e. The van der Waals surface area contributed by atoms with Gasteiger partial charge in [0.25, 0.3) is 5.91 Å². The Kier molecular flexibility index (Phi) is 4.91. The highest BCUT2D eigenvalue weighted by Gasteiger charge is 2.45. The van der Waals surface area contributed by atoms with Crippen molar-refractivity contribution in [1.29, 1.82) is 0 Å². The number of nitrogens with zero attached hydrogens (tertiary/aromatic N) is 1. The molecule has 1 aromatic heterocycles. The third-order valence-corrected chi connectivity index (χ3v) is 5.01. The molecule has 1 aliphatic rings. The number of hydrogen-bond donors (Lipinski definition) is 1. The lowest BCUT2D eigenvalue weighted by Gasteiger charge is -2.26. The maximum absolute atomic E-state index is 14.3. The second-order valence-electron chi connectivity index (χ2n) is 6.47. The largest absolute Gasteiger partial charge is 0.503 e. The van der Waals surface area contributed by atoms with Crippen LogP contribution in [0.15, 0.2) is 47.0 Å². The molecule has 1 aliphatic heterocycles. The molecule has 1 atom stereocenters. The van der Waals surface area contributed by atoms with Crippen molar-refractivity contribution in [2.75, 3.05) is 4.90 Å². The number of hydrogen-bond acceptors (Lipinski definition) is 4. The summed E-state index contributed by atoms with van der Waals surface area (Å²) in [6.45, 7) is 3.69. The van der Waals surface area contributed by atoms with E-state index in [1.54, 1.807) is 17.5 Å². The van der Waals surface area contributed by atoms with Gasteiger partial charge in [0.1, 0.15) is 17.7 Å². The highest BCUT2D eigenvalue weighted by atomic mass is 32.1.